The Hall–Kier alpha value is -2.14. The van der Waals surface area contributed by atoms with Crippen molar-refractivity contribution in [1.82, 2.24) is 10.3 Å². The molecule has 3 aromatic rings. The minimum atomic E-state index is 0.0283. The van der Waals surface area contributed by atoms with Crippen molar-refractivity contribution in [2.75, 3.05) is 7.11 Å². The van der Waals surface area contributed by atoms with Gasteiger partial charge in [-0.2, -0.15) is 0 Å². The molecular formula is C21H24N2O2S. The Morgan fingerprint density at radius 2 is 2.04 bits per heavy atom. The first-order chi connectivity index (χ1) is 12.5. The molecule has 2 aromatic heterocycles. The molecule has 0 bridgehead atoms. The molecule has 2 heterocycles. The molecule has 1 saturated carbocycles. The molecule has 136 valence electrons. The lowest BCUT2D eigenvalue weighted by molar-refractivity contribution is 0.0895. The smallest absolute Gasteiger partial charge is 0.261 e. The largest absolute Gasteiger partial charge is 0.497 e. The highest BCUT2D eigenvalue weighted by atomic mass is 32.1. The molecule has 0 spiro atoms. The van der Waals surface area contributed by atoms with Gasteiger partial charge in [0.15, 0.2) is 0 Å². The van der Waals surface area contributed by atoms with Gasteiger partial charge in [0.25, 0.3) is 5.91 Å². The van der Waals surface area contributed by atoms with Crippen molar-refractivity contribution in [3.63, 3.8) is 0 Å². The summed E-state index contributed by atoms with van der Waals surface area (Å²) in [6.45, 7) is 4.54. The van der Waals surface area contributed by atoms with Crippen LogP contribution in [0.2, 0.25) is 0 Å². The van der Waals surface area contributed by atoms with Gasteiger partial charge in [-0.1, -0.05) is 26.7 Å². The van der Waals surface area contributed by atoms with Crippen molar-refractivity contribution in [1.29, 1.82) is 0 Å². The maximum atomic E-state index is 12.8. The third kappa shape index (κ3) is 3.16. The number of amides is 1. The molecule has 4 nitrogen and oxygen atoms in total. The number of aromatic nitrogens is 1. The molecule has 0 saturated heterocycles. The summed E-state index contributed by atoms with van der Waals surface area (Å²) in [5.41, 5.74) is 0.918. The van der Waals surface area contributed by atoms with Crippen LogP contribution in [0.3, 0.4) is 0 Å². The van der Waals surface area contributed by atoms with Crippen LogP contribution in [0.1, 0.15) is 42.8 Å². The fourth-order valence-electron chi connectivity index (χ4n) is 3.88. The molecule has 0 aliphatic heterocycles. The van der Waals surface area contributed by atoms with E-state index in [9.17, 15) is 4.79 Å². The monoisotopic (exact) mass is 368 g/mol. The van der Waals surface area contributed by atoms with Gasteiger partial charge in [0.2, 0.25) is 0 Å². The number of nitrogens with zero attached hydrogens (tertiary/aromatic N) is 1. The zero-order valence-corrected chi connectivity index (χ0v) is 16.2. The van der Waals surface area contributed by atoms with Crippen LogP contribution in [0, 0.1) is 11.8 Å². The van der Waals surface area contributed by atoms with E-state index in [1.807, 2.05) is 24.3 Å². The zero-order chi connectivity index (χ0) is 18.3. The molecule has 1 amide bonds. The van der Waals surface area contributed by atoms with E-state index >= 15 is 0 Å². The second kappa shape index (κ2) is 6.88. The minimum Gasteiger partial charge on any atom is -0.497 e. The summed E-state index contributed by atoms with van der Waals surface area (Å²) in [5, 5.41) is 5.29. The average Bonchev–Trinajstić information content (AvgIpc) is 3.06. The molecule has 1 N–H and O–H groups in total. The maximum Gasteiger partial charge on any atom is 0.261 e. The van der Waals surface area contributed by atoms with E-state index < -0.39 is 0 Å². The van der Waals surface area contributed by atoms with Gasteiger partial charge >= 0.3 is 0 Å². The normalized spacial score (nSPS) is 23.3. The summed E-state index contributed by atoms with van der Waals surface area (Å²) < 4.78 is 5.29. The van der Waals surface area contributed by atoms with Crippen molar-refractivity contribution in [3.8, 4) is 5.75 Å². The number of ether oxygens (including phenoxy) is 1. The summed E-state index contributed by atoms with van der Waals surface area (Å²) in [7, 11) is 1.66. The molecule has 26 heavy (non-hydrogen) atoms. The number of carbonyl (C=O) groups excluding carboxylic acids is 1. The second-order valence-corrected chi connectivity index (χ2v) is 8.43. The Morgan fingerprint density at radius 1 is 1.19 bits per heavy atom. The number of hydrogen-bond acceptors (Lipinski definition) is 4. The van der Waals surface area contributed by atoms with Gasteiger partial charge in [0.1, 0.15) is 10.6 Å². The van der Waals surface area contributed by atoms with Gasteiger partial charge in [-0.3, -0.25) is 4.79 Å². The quantitative estimate of drug-likeness (QED) is 0.707. The van der Waals surface area contributed by atoms with Gasteiger partial charge < -0.3 is 10.1 Å². The van der Waals surface area contributed by atoms with E-state index in [4.69, 9.17) is 9.72 Å². The molecule has 0 radical (unpaired) electrons. The van der Waals surface area contributed by atoms with E-state index in [0.29, 0.717) is 11.8 Å². The standard InChI is InChI=1S/C21H24N2O2S/c1-12-5-4-6-17(13(12)2)22-20(24)19-11-15-9-14-10-16(25-3)7-8-18(14)23-21(15)26-19/h7-13,17H,4-6H2,1-3H3,(H,22,24). The van der Waals surface area contributed by atoms with Gasteiger partial charge in [-0.05, 0) is 48.6 Å². The molecule has 4 rings (SSSR count). The Bertz CT molecular complexity index is 965. The summed E-state index contributed by atoms with van der Waals surface area (Å²) in [6, 6.07) is 10.2. The number of hydrogen-bond donors (Lipinski definition) is 1. The summed E-state index contributed by atoms with van der Waals surface area (Å²) in [6.07, 6.45) is 3.53. The zero-order valence-electron chi connectivity index (χ0n) is 15.4. The first-order valence-corrected chi connectivity index (χ1v) is 10.1. The fourth-order valence-corrected chi connectivity index (χ4v) is 4.80. The van der Waals surface area contributed by atoms with Crippen LogP contribution in [0.4, 0.5) is 0 Å². The summed E-state index contributed by atoms with van der Waals surface area (Å²) in [4.78, 5) is 19.1. The highest BCUT2D eigenvalue weighted by Crippen LogP contribution is 2.32. The third-order valence-electron chi connectivity index (χ3n) is 5.75. The van der Waals surface area contributed by atoms with E-state index in [2.05, 4.69) is 25.2 Å². The van der Waals surface area contributed by atoms with Crippen LogP contribution >= 0.6 is 11.3 Å². The molecule has 1 aromatic carbocycles. The van der Waals surface area contributed by atoms with Crippen molar-refractivity contribution in [2.24, 2.45) is 11.8 Å². The Morgan fingerprint density at radius 3 is 2.85 bits per heavy atom. The number of nitrogens with one attached hydrogen (secondary N) is 1. The lowest BCUT2D eigenvalue weighted by atomic mass is 9.78. The number of thiophene rings is 1. The van der Waals surface area contributed by atoms with Crippen molar-refractivity contribution in [3.05, 3.63) is 35.2 Å². The van der Waals surface area contributed by atoms with E-state index in [1.165, 1.54) is 24.2 Å². The first kappa shape index (κ1) is 17.3. The fraction of sp³-hybridized carbons (Fsp3) is 0.429. The second-order valence-electron chi connectivity index (χ2n) is 7.40. The van der Waals surface area contributed by atoms with Gasteiger partial charge in [0, 0.05) is 16.8 Å². The lowest BCUT2D eigenvalue weighted by Gasteiger charge is -2.34. The van der Waals surface area contributed by atoms with Gasteiger partial charge in [-0.15, -0.1) is 11.3 Å². The van der Waals surface area contributed by atoms with Crippen molar-refractivity contribution >= 4 is 38.4 Å². The third-order valence-corrected chi connectivity index (χ3v) is 6.80. The predicted molar refractivity (Wildman–Crippen MR) is 107 cm³/mol. The minimum absolute atomic E-state index is 0.0283. The number of benzene rings is 1. The van der Waals surface area contributed by atoms with E-state index in [0.717, 1.165) is 38.2 Å². The number of carbonyl (C=O) groups is 1. The Kier molecular flexibility index (Phi) is 4.57. The van der Waals surface area contributed by atoms with Crippen LogP contribution in [-0.4, -0.2) is 24.0 Å². The first-order valence-electron chi connectivity index (χ1n) is 9.24. The SMILES string of the molecule is COc1ccc2nc3sc(C(=O)NC4CCCC(C)C4C)cc3cc2c1. The maximum absolute atomic E-state index is 12.8. The highest BCUT2D eigenvalue weighted by Gasteiger charge is 2.28. The van der Waals surface area contributed by atoms with Crippen LogP contribution in [0.5, 0.6) is 5.75 Å². The number of rotatable bonds is 3. The van der Waals surface area contributed by atoms with Crippen LogP contribution < -0.4 is 10.1 Å². The molecule has 1 fully saturated rings. The summed E-state index contributed by atoms with van der Waals surface area (Å²) >= 11 is 1.47. The molecule has 1 aliphatic carbocycles. The van der Waals surface area contributed by atoms with Crippen molar-refractivity contribution < 1.29 is 9.53 Å². The predicted octanol–water partition coefficient (Wildman–Crippen LogP) is 5.01. The van der Waals surface area contributed by atoms with Gasteiger partial charge in [0.05, 0.1) is 17.5 Å². The topological polar surface area (TPSA) is 51.2 Å². The number of pyridine rings is 1. The van der Waals surface area contributed by atoms with Crippen LogP contribution in [0.15, 0.2) is 30.3 Å². The molecule has 5 heteroatoms. The number of methoxy groups -OCH3 is 1. The number of fused-ring (bicyclic) bond motifs is 2. The van der Waals surface area contributed by atoms with Gasteiger partial charge in [-0.25, -0.2) is 4.98 Å². The van der Waals surface area contributed by atoms with Crippen molar-refractivity contribution in [2.45, 2.75) is 39.2 Å². The summed E-state index contributed by atoms with van der Waals surface area (Å²) in [5.74, 6) is 2.03. The molecule has 3 atom stereocenters. The average molecular weight is 369 g/mol. The lowest BCUT2D eigenvalue weighted by Crippen LogP contribution is -2.43. The van der Waals surface area contributed by atoms with E-state index in [-0.39, 0.29) is 11.9 Å². The highest BCUT2D eigenvalue weighted by molar-refractivity contribution is 7.20. The Labute approximate surface area is 157 Å². The molecular weight excluding hydrogens is 344 g/mol. The molecule has 1 aliphatic rings. The van der Waals surface area contributed by atoms with E-state index in [1.54, 1.807) is 7.11 Å². The van der Waals surface area contributed by atoms with Crippen LogP contribution in [0.25, 0.3) is 21.1 Å². The molecule has 3 unspecified atom stereocenters. The Balaban J connectivity index is 1.62. The van der Waals surface area contributed by atoms with Crippen LogP contribution in [-0.2, 0) is 0 Å².